The van der Waals surface area contributed by atoms with Crippen LogP contribution in [-0.2, 0) is 0 Å². The summed E-state index contributed by atoms with van der Waals surface area (Å²) in [6, 6.07) is 14.8. The van der Waals surface area contributed by atoms with Gasteiger partial charge < -0.3 is 4.42 Å². The average Bonchev–Trinajstić information content (AvgIpc) is 3.11. The van der Waals surface area contributed by atoms with Crippen LogP contribution in [0.4, 0.5) is 10.1 Å². The van der Waals surface area contributed by atoms with Crippen LogP contribution in [0, 0.1) is 15.9 Å². The highest BCUT2D eigenvalue weighted by atomic mass is 19.1. The van der Waals surface area contributed by atoms with Gasteiger partial charge in [0.05, 0.1) is 16.7 Å². The van der Waals surface area contributed by atoms with Crippen molar-refractivity contribution in [3.63, 3.8) is 0 Å². The molecule has 0 saturated carbocycles. The number of rotatable bonds is 5. The number of carbonyl (C=O) groups excluding carboxylic acids is 1. The van der Waals surface area contributed by atoms with Crippen LogP contribution >= 0.6 is 0 Å². The van der Waals surface area contributed by atoms with E-state index in [0.717, 1.165) is 0 Å². The third-order valence-electron chi connectivity index (χ3n) is 3.44. The number of hydrogen-bond acceptors (Lipinski definition) is 5. The van der Waals surface area contributed by atoms with Crippen molar-refractivity contribution in [2.75, 3.05) is 0 Å². The van der Waals surface area contributed by atoms with Gasteiger partial charge in [-0.3, -0.25) is 14.9 Å². The van der Waals surface area contributed by atoms with Crippen LogP contribution in [0.1, 0.15) is 16.1 Å². The van der Waals surface area contributed by atoms with Gasteiger partial charge in [-0.1, -0.05) is 24.3 Å². The maximum atomic E-state index is 13.5. The molecule has 0 fully saturated rings. The smallest absolute Gasteiger partial charge is 0.274 e. The Balaban J connectivity index is 1.70. The second kappa shape index (κ2) is 7.39. The van der Waals surface area contributed by atoms with E-state index in [1.165, 1.54) is 36.5 Å². The fourth-order valence-electron chi connectivity index (χ4n) is 2.21. The van der Waals surface area contributed by atoms with Gasteiger partial charge in [-0.25, -0.2) is 9.82 Å². The molecular weight excluding hydrogens is 341 g/mol. The molecule has 0 spiro atoms. The van der Waals surface area contributed by atoms with Crippen molar-refractivity contribution in [1.29, 1.82) is 0 Å². The molecule has 2 aromatic carbocycles. The normalized spacial score (nSPS) is 10.8. The summed E-state index contributed by atoms with van der Waals surface area (Å²) in [7, 11) is 0. The molecule has 1 N–H and O–H groups in total. The molecule has 130 valence electrons. The molecule has 3 rings (SSSR count). The zero-order valence-corrected chi connectivity index (χ0v) is 13.3. The molecule has 0 radical (unpaired) electrons. The van der Waals surface area contributed by atoms with Gasteiger partial charge in [0.1, 0.15) is 17.3 Å². The predicted octanol–water partition coefficient (Wildman–Crippen LogP) is 3.76. The highest BCUT2D eigenvalue weighted by Gasteiger charge is 2.11. The zero-order chi connectivity index (χ0) is 18.5. The van der Waals surface area contributed by atoms with Gasteiger partial charge in [-0.15, -0.1) is 0 Å². The van der Waals surface area contributed by atoms with Crippen LogP contribution in [0.3, 0.4) is 0 Å². The first-order chi connectivity index (χ1) is 12.5. The molecule has 3 aromatic rings. The molecule has 0 aliphatic heterocycles. The number of non-ortho nitro benzene ring substituents is 1. The summed E-state index contributed by atoms with van der Waals surface area (Å²) in [6.07, 6.45) is 1.25. The molecule has 1 heterocycles. The lowest BCUT2D eigenvalue weighted by Gasteiger charge is -2.00. The van der Waals surface area contributed by atoms with Crippen molar-refractivity contribution in [3.05, 3.63) is 87.9 Å². The minimum atomic E-state index is -0.690. The third-order valence-corrected chi connectivity index (χ3v) is 3.44. The van der Waals surface area contributed by atoms with Gasteiger partial charge in [-0.2, -0.15) is 5.10 Å². The maximum Gasteiger partial charge on any atom is 0.274 e. The van der Waals surface area contributed by atoms with Crippen molar-refractivity contribution in [2.24, 2.45) is 5.10 Å². The lowest BCUT2D eigenvalue weighted by atomic mass is 10.1. The van der Waals surface area contributed by atoms with Gasteiger partial charge in [0.25, 0.3) is 11.6 Å². The molecule has 0 saturated heterocycles. The van der Waals surface area contributed by atoms with Crippen LogP contribution in [0.2, 0.25) is 0 Å². The fourth-order valence-corrected chi connectivity index (χ4v) is 2.21. The van der Waals surface area contributed by atoms with Crippen molar-refractivity contribution >= 4 is 17.8 Å². The number of nitrogens with one attached hydrogen (secondary N) is 1. The van der Waals surface area contributed by atoms with Crippen LogP contribution < -0.4 is 5.43 Å². The van der Waals surface area contributed by atoms with E-state index < -0.39 is 16.6 Å². The van der Waals surface area contributed by atoms with Gasteiger partial charge in [0.15, 0.2) is 0 Å². The number of furan rings is 1. The molecular formula is C18H12FN3O4. The van der Waals surface area contributed by atoms with Gasteiger partial charge >= 0.3 is 0 Å². The Kier molecular flexibility index (Phi) is 4.84. The van der Waals surface area contributed by atoms with Gasteiger partial charge in [-0.05, 0) is 24.3 Å². The fraction of sp³-hybridized carbons (Fsp3) is 0. The topological polar surface area (TPSA) is 97.7 Å². The Morgan fingerprint density at radius 2 is 1.96 bits per heavy atom. The Bertz CT molecular complexity index is 997. The second-order valence-electron chi connectivity index (χ2n) is 5.19. The molecule has 1 aromatic heterocycles. The van der Waals surface area contributed by atoms with E-state index in [1.807, 2.05) is 0 Å². The van der Waals surface area contributed by atoms with Crippen molar-refractivity contribution < 1.29 is 18.5 Å². The summed E-state index contributed by atoms with van der Waals surface area (Å²) < 4.78 is 19.0. The molecule has 8 heteroatoms. The van der Waals surface area contributed by atoms with Crippen LogP contribution in [-0.4, -0.2) is 17.0 Å². The lowest BCUT2D eigenvalue weighted by Crippen LogP contribution is -2.18. The number of nitro groups is 1. The highest BCUT2D eigenvalue weighted by molar-refractivity contribution is 5.95. The third kappa shape index (κ3) is 3.81. The minimum Gasteiger partial charge on any atom is -0.455 e. The number of hydrogen-bond donors (Lipinski definition) is 1. The Labute approximate surface area is 146 Å². The van der Waals surface area contributed by atoms with Gasteiger partial charge in [0.2, 0.25) is 0 Å². The summed E-state index contributed by atoms with van der Waals surface area (Å²) in [5.74, 6) is -0.605. The van der Waals surface area contributed by atoms with E-state index >= 15 is 0 Å². The van der Waals surface area contributed by atoms with Crippen molar-refractivity contribution in [3.8, 4) is 11.3 Å². The second-order valence-corrected chi connectivity index (χ2v) is 5.19. The summed E-state index contributed by atoms with van der Waals surface area (Å²) in [5.41, 5.74) is 2.57. The summed E-state index contributed by atoms with van der Waals surface area (Å²) in [5, 5.41) is 14.5. The quantitative estimate of drug-likeness (QED) is 0.429. The minimum absolute atomic E-state index is 0.0498. The molecule has 7 nitrogen and oxygen atoms in total. The van der Waals surface area contributed by atoms with Crippen LogP contribution in [0.5, 0.6) is 0 Å². The number of hydrazone groups is 1. The molecule has 0 aliphatic carbocycles. The summed E-state index contributed by atoms with van der Waals surface area (Å²) >= 11 is 0. The first-order valence-corrected chi connectivity index (χ1v) is 7.47. The molecule has 0 bridgehead atoms. The van der Waals surface area contributed by atoms with E-state index in [1.54, 1.807) is 30.3 Å². The number of carbonyl (C=O) groups is 1. The molecule has 0 unspecified atom stereocenters. The maximum absolute atomic E-state index is 13.5. The Hall–Kier alpha value is -3.81. The average molecular weight is 353 g/mol. The monoisotopic (exact) mass is 353 g/mol. The zero-order valence-electron chi connectivity index (χ0n) is 13.3. The van der Waals surface area contributed by atoms with E-state index in [2.05, 4.69) is 10.5 Å². The number of amides is 1. The molecule has 1 amide bonds. The van der Waals surface area contributed by atoms with Crippen molar-refractivity contribution in [1.82, 2.24) is 5.43 Å². The summed E-state index contributed by atoms with van der Waals surface area (Å²) in [6.45, 7) is 0. The lowest BCUT2D eigenvalue weighted by molar-refractivity contribution is -0.384. The van der Waals surface area contributed by atoms with E-state index in [0.29, 0.717) is 17.1 Å². The first kappa shape index (κ1) is 17.0. The molecule has 0 aliphatic rings. The largest absolute Gasteiger partial charge is 0.455 e. The molecule has 0 atom stereocenters. The van der Waals surface area contributed by atoms with E-state index in [4.69, 9.17) is 4.42 Å². The summed E-state index contributed by atoms with van der Waals surface area (Å²) in [4.78, 5) is 22.2. The Morgan fingerprint density at radius 1 is 1.15 bits per heavy atom. The van der Waals surface area contributed by atoms with Gasteiger partial charge in [0, 0.05) is 17.7 Å². The molecule has 26 heavy (non-hydrogen) atoms. The van der Waals surface area contributed by atoms with E-state index in [-0.39, 0.29) is 11.3 Å². The van der Waals surface area contributed by atoms with Crippen LogP contribution in [0.25, 0.3) is 11.3 Å². The standard InChI is InChI=1S/C18H12FN3O4/c19-16-7-2-1-6-15(16)18(23)21-20-11-14-8-9-17(26-14)12-4-3-5-13(10-12)22(24)25/h1-11H,(H,21,23)/b20-11+. The number of benzene rings is 2. The number of nitro benzene ring substituents is 1. The SMILES string of the molecule is O=C(N/N=C/c1ccc(-c2cccc([N+](=O)[O-])c2)o1)c1ccccc1F. The van der Waals surface area contributed by atoms with Crippen LogP contribution in [0.15, 0.2) is 70.2 Å². The Morgan fingerprint density at radius 3 is 2.73 bits per heavy atom. The van der Waals surface area contributed by atoms with Crippen molar-refractivity contribution in [2.45, 2.75) is 0 Å². The first-order valence-electron chi connectivity index (χ1n) is 7.47. The number of halogens is 1. The number of nitrogens with zero attached hydrogens (tertiary/aromatic N) is 2. The van der Waals surface area contributed by atoms with E-state index in [9.17, 15) is 19.3 Å². The highest BCUT2D eigenvalue weighted by Crippen LogP contribution is 2.25. The predicted molar refractivity (Wildman–Crippen MR) is 92.3 cm³/mol.